The second kappa shape index (κ2) is 6.54. The monoisotopic (exact) mass is 356 g/mol. The molecular weight excluding hydrogens is 344 g/mol. The molecule has 4 rings (SSSR count). The molecule has 0 amide bonds. The van der Waals surface area contributed by atoms with E-state index in [1.165, 1.54) is 11.8 Å². The van der Waals surface area contributed by atoms with Crippen LogP contribution in [0.4, 0.5) is 0 Å². The second-order valence-electron chi connectivity index (χ2n) is 4.89. The molecule has 24 heavy (non-hydrogen) atoms. The van der Waals surface area contributed by atoms with Gasteiger partial charge in [0, 0.05) is 0 Å². The van der Waals surface area contributed by atoms with Crippen LogP contribution in [-0.4, -0.2) is 30.4 Å². The molecule has 0 spiro atoms. The van der Waals surface area contributed by atoms with Crippen LogP contribution in [0.25, 0.3) is 16.5 Å². The third kappa shape index (κ3) is 2.95. The minimum absolute atomic E-state index is 0.0446. The number of nitrogens with zero attached hydrogens (tertiary/aromatic N) is 6. The average Bonchev–Trinajstić information content (AvgIpc) is 3.36. The maximum Gasteiger partial charge on any atom is 0.277 e. The van der Waals surface area contributed by atoms with Crippen LogP contribution in [-0.2, 0) is 0 Å². The fourth-order valence-corrected chi connectivity index (χ4v) is 3.58. The number of aromatic nitrogens is 6. The van der Waals surface area contributed by atoms with Crippen molar-refractivity contribution in [3.05, 3.63) is 53.7 Å². The summed E-state index contributed by atoms with van der Waals surface area (Å²) in [5.74, 6) is 1.25. The molecule has 0 radical (unpaired) electrons. The van der Waals surface area contributed by atoms with Gasteiger partial charge in [-0.1, -0.05) is 36.0 Å². The lowest BCUT2D eigenvalue weighted by molar-refractivity contribution is 0.465. The average molecular weight is 356 g/mol. The lowest BCUT2D eigenvalue weighted by Crippen LogP contribution is -2.04. The molecule has 1 aromatic carbocycles. The normalized spacial score (nSPS) is 12.4. The van der Waals surface area contributed by atoms with Crippen molar-refractivity contribution in [1.29, 1.82) is 0 Å². The quantitative estimate of drug-likeness (QED) is 0.505. The SMILES string of the molecule is CC(Sc1nnc(-c2cccs2)o1)c1nnnn1-c1ccccc1. The van der Waals surface area contributed by atoms with Crippen molar-refractivity contribution < 1.29 is 4.42 Å². The van der Waals surface area contributed by atoms with E-state index in [0.717, 1.165) is 16.4 Å². The molecule has 0 aliphatic carbocycles. The van der Waals surface area contributed by atoms with Crippen LogP contribution in [0.15, 0.2) is 57.5 Å². The van der Waals surface area contributed by atoms with Gasteiger partial charge in [0.25, 0.3) is 11.1 Å². The number of benzene rings is 1. The highest BCUT2D eigenvalue weighted by Gasteiger charge is 2.20. The van der Waals surface area contributed by atoms with Crippen molar-refractivity contribution in [2.75, 3.05) is 0 Å². The number of hydrogen-bond donors (Lipinski definition) is 0. The molecule has 1 unspecified atom stereocenters. The van der Waals surface area contributed by atoms with Crippen molar-refractivity contribution in [1.82, 2.24) is 30.4 Å². The number of rotatable bonds is 5. The van der Waals surface area contributed by atoms with Crippen LogP contribution in [0.3, 0.4) is 0 Å². The van der Waals surface area contributed by atoms with E-state index in [4.69, 9.17) is 4.42 Å². The van der Waals surface area contributed by atoms with Gasteiger partial charge in [-0.3, -0.25) is 0 Å². The van der Waals surface area contributed by atoms with E-state index in [9.17, 15) is 0 Å². The minimum Gasteiger partial charge on any atom is -0.410 e. The highest BCUT2D eigenvalue weighted by Crippen LogP contribution is 2.35. The van der Waals surface area contributed by atoms with Gasteiger partial charge in [-0.15, -0.1) is 26.6 Å². The summed E-state index contributed by atoms with van der Waals surface area (Å²) in [6, 6.07) is 13.7. The summed E-state index contributed by atoms with van der Waals surface area (Å²) in [5, 5.41) is 22.6. The summed E-state index contributed by atoms with van der Waals surface area (Å²) in [4.78, 5) is 0.955. The number of hydrogen-bond acceptors (Lipinski definition) is 8. The summed E-state index contributed by atoms with van der Waals surface area (Å²) < 4.78 is 7.43. The van der Waals surface area contributed by atoms with Gasteiger partial charge in [-0.05, 0) is 40.9 Å². The first-order valence-corrected chi connectivity index (χ1v) is 8.95. The first-order chi connectivity index (χ1) is 11.8. The zero-order valence-corrected chi connectivity index (χ0v) is 14.2. The van der Waals surface area contributed by atoms with E-state index in [-0.39, 0.29) is 5.25 Å². The van der Waals surface area contributed by atoms with Crippen molar-refractivity contribution in [2.24, 2.45) is 0 Å². The molecule has 3 heterocycles. The maximum atomic E-state index is 5.72. The Kier molecular flexibility index (Phi) is 4.09. The van der Waals surface area contributed by atoms with Crippen LogP contribution in [0.1, 0.15) is 18.0 Å². The lowest BCUT2D eigenvalue weighted by atomic mass is 10.3. The Bertz CT molecular complexity index is 919. The molecule has 0 aliphatic heterocycles. The summed E-state index contributed by atoms with van der Waals surface area (Å²) in [7, 11) is 0. The molecule has 4 aromatic rings. The Morgan fingerprint density at radius 1 is 1.08 bits per heavy atom. The van der Waals surface area contributed by atoms with Crippen LogP contribution in [0.2, 0.25) is 0 Å². The van der Waals surface area contributed by atoms with Gasteiger partial charge in [-0.2, -0.15) is 4.68 Å². The van der Waals surface area contributed by atoms with Crippen molar-refractivity contribution in [3.8, 4) is 16.5 Å². The molecular formula is C15H12N6OS2. The molecule has 120 valence electrons. The molecule has 0 saturated heterocycles. The van der Waals surface area contributed by atoms with Gasteiger partial charge in [-0.25, -0.2) is 0 Å². The van der Waals surface area contributed by atoms with Gasteiger partial charge in [0.2, 0.25) is 0 Å². The molecule has 0 bridgehead atoms. The van der Waals surface area contributed by atoms with Crippen LogP contribution < -0.4 is 0 Å². The Labute approximate surface area is 145 Å². The highest BCUT2D eigenvalue weighted by atomic mass is 32.2. The van der Waals surface area contributed by atoms with Crippen LogP contribution in [0.5, 0.6) is 0 Å². The van der Waals surface area contributed by atoms with Crippen LogP contribution in [0, 0.1) is 0 Å². The third-order valence-electron chi connectivity index (χ3n) is 3.27. The zero-order chi connectivity index (χ0) is 16.4. The molecule has 9 heteroatoms. The molecule has 0 saturated carbocycles. The van der Waals surface area contributed by atoms with E-state index in [1.807, 2.05) is 54.8 Å². The maximum absolute atomic E-state index is 5.72. The number of tetrazole rings is 1. The molecule has 0 N–H and O–H groups in total. The fourth-order valence-electron chi connectivity index (χ4n) is 2.16. The Balaban J connectivity index is 1.55. The lowest BCUT2D eigenvalue weighted by Gasteiger charge is -2.08. The molecule has 0 aliphatic rings. The van der Waals surface area contributed by atoms with E-state index < -0.39 is 0 Å². The predicted molar refractivity (Wildman–Crippen MR) is 91.0 cm³/mol. The summed E-state index contributed by atoms with van der Waals surface area (Å²) in [6.07, 6.45) is 0. The minimum atomic E-state index is -0.0446. The predicted octanol–water partition coefficient (Wildman–Crippen LogP) is 3.63. The summed E-state index contributed by atoms with van der Waals surface area (Å²) >= 11 is 2.99. The van der Waals surface area contributed by atoms with Gasteiger partial charge in [0.15, 0.2) is 5.82 Å². The standard InChI is InChI=1S/C15H12N6OS2/c1-10(13-16-19-20-21(13)11-6-3-2-4-7-11)24-15-18-17-14(22-15)12-8-5-9-23-12/h2-10H,1H3. The van der Waals surface area contributed by atoms with E-state index >= 15 is 0 Å². The second-order valence-corrected chi connectivity index (χ2v) is 7.13. The third-order valence-corrected chi connectivity index (χ3v) is 5.06. The molecule has 7 nitrogen and oxygen atoms in total. The Morgan fingerprint density at radius 2 is 1.96 bits per heavy atom. The Hall–Kier alpha value is -2.52. The van der Waals surface area contributed by atoms with Gasteiger partial charge in [0.05, 0.1) is 15.8 Å². The largest absolute Gasteiger partial charge is 0.410 e. The summed E-state index contributed by atoms with van der Waals surface area (Å²) in [5.41, 5.74) is 0.912. The smallest absolute Gasteiger partial charge is 0.277 e. The highest BCUT2D eigenvalue weighted by molar-refractivity contribution is 7.99. The first kappa shape index (κ1) is 15.0. The van der Waals surface area contributed by atoms with Crippen molar-refractivity contribution >= 4 is 23.1 Å². The first-order valence-electron chi connectivity index (χ1n) is 7.19. The number of thioether (sulfide) groups is 1. The van der Waals surface area contributed by atoms with Gasteiger partial charge < -0.3 is 4.42 Å². The molecule has 3 aromatic heterocycles. The summed E-state index contributed by atoms with van der Waals surface area (Å²) in [6.45, 7) is 2.00. The van der Waals surface area contributed by atoms with Crippen molar-refractivity contribution in [3.63, 3.8) is 0 Å². The van der Waals surface area contributed by atoms with Crippen molar-refractivity contribution in [2.45, 2.75) is 17.4 Å². The van der Waals surface area contributed by atoms with Gasteiger partial charge >= 0.3 is 0 Å². The van der Waals surface area contributed by atoms with E-state index in [2.05, 4.69) is 25.7 Å². The molecule has 0 fully saturated rings. The number of para-hydroxylation sites is 1. The van der Waals surface area contributed by atoms with E-state index in [0.29, 0.717) is 11.1 Å². The molecule has 1 atom stereocenters. The zero-order valence-electron chi connectivity index (χ0n) is 12.6. The Morgan fingerprint density at radius 3 is 2.75 bits per heavy atom. The van der Waals surface area contributed by atoms with E-state index in [1.54, 1.807) is 16.0 Å². The topological polar surface area (TPSA) is 82.5 Å². The number of thiophene rings is 1. The van der Waals surface area contributed by atoms with Crippen LogP contribution >= 0.6 is 23.1 Å². The van der Waals surface area contributed by atoms with Gasteiger partial charge in [0.1, 0.15) is 0 Å². The fraction of sp³-hybridized carbons (Fsp3) is 0.133.